The van der Waals surface area contributed by atoms with Crippen molar-refractivity contribution in [3.63, 3.8) is 0 Å². The van der Waals surface area contributed by atoms with E-state index in [1.165, 1.54) is 0 Å². The highest BCUT2D eigenvalue weighted by Crippen LogP contribution is 2.31. The molecule has 0 aliphatic rings. The molecule has 7 nitrogen and oxygen atoms in total. The predicted molar refractivity (Wildman–Crippen MR) is 83.4 cm³/mol. The number of nitrogens with one attached hydrogen (secondary N) is 2. The van der Waals surface area contributed by atoms with Gasteiger partial charge in [0, 0.05) is 16.0 Å². The van der Waals surface area contributed by atoms with Crippen molar-refractivity contribution in [2.24, 2.45) is 0 Å². The molecule has 0 saturated heterocycles. The van der Waals surface area contributed by atoms with E-state index in [0.717, 1.165) is 15.1 Å². The maximum atomic E-state index is 11.0. The Morgan fingerprint density at radius 2 is 2.10 bits per heavy atom. The van der Waals surface area contributed by atoms with E-state index >= 15 is 0 Å². The Bertz CT molecular complexity index is 665. The molecule has 20 heavy (non-hydrogen) atoms. The lowest BCUT2D eigenvalue weighted by molar-refractivity contribution is -0.384. The second-order valence-corrected chi connectivity index (χ2v) is 5.45. The van der Waals surface area contributed by atoms with Crippen LogP contribution in [0, 0.1) is 10.1 Å². The summed E-state index contributed by atoms with van der Waals surface area (Å²) in [5.41, 5.74) is 0.468. The Labute approximate surface area is 131 Å². The third-order valence-corrected chi connectivity index (χ3v) is 3.52. The summed E-state index contributed by atoms with van der Waals surface area (Å²) >= 11 is 6.72. The minimum Gasteiger partial charge on any atom is -0.357 e. The summed E-state index contributed by atoms with van der Waals surface area (Å²) in [4.78, 5) is 18.4. The van der Waals surface area contributed by atoms with Gasteiger partial charge in [-0.1, -0.05) is 15.9 Å². The second kappa shape index (κ2) is 6.14. The van der Waals surface area contributed by atoms with E-state index in [-0.39, 0.29) is 11.5 Å². The van der Waals surface area contributed by atoms with Gasteiger partial charge in [-0.15, -0.1) is 0 Å². The molecule has 9 heteroatoms. The Morgan fingerprint density at radius 1 is 1.35 bits per heavy atom. The summed E-state index contributed by atoms with van der Waals surface area (Å²) in [5.74, 6) is 0.420. The van der Waals surface area contributed by atoms with Crippen molar-refractivity contribution in [1.29, 1.82) is 0 Å². The Balaban J connectivity index is 2.43. The molecule has 0 saturated carbocycles. The molecule has 1 heterocycles. The number of benzene rings is 1. The highest BCUT2D eigenvalue weighted by molar-refractivity contribution is 9.11. The molecule has 1 aromatic carbocycles. The fourth-order valence-corrected chi connectivity index (χ4v) is 2.59. The fraction of sp³-hybridized carbons (Fsp3) is 0.0909. The molecule has 104 valence electrons. The molecule has 0 bridgehead atoms. The third-order valence-electron chi connectivity index (χ3n) is 2.37. The van der Waals surface area contributed by atoms with Gasteiger partial charge in [-0.25, -0.2) is 4.98 Å². The first-order valence-electron chi connectivity index (χ1n) is 5.42. The topological polar surface area (TPSA) is 93.0 Å². The van der Waals surface area contributed by atoms with Crippen LogP contribution in [0.4, 0.5) is 23.1 Å². The molecule has 0 fully saturated rings. The molecule has 0 aliphatic heterocycles. The molecule has 0 unspecified atom stereocenters. The quantitative estimate of drug-likeness (QED) is 0.598. The lowest BCUT2D eigenvalue weighted by Gasteiger charge is -2.09. The van der Waals surface area contributed by atoms with Gasteiger partial charge in [0.1, 0.15) is 6.20 Å². The third kappa shape index (κ3) is 3.23. The molecule has 0 spiro atoms. The Morgan fingerprint density at radius 3 is 2.70 bits per heavy atom. The van der Waals surface area contributed by atoms with Crippen molar-refractivity contribution in [2.75, 3.05) is 17.7 Å². The number of hydrogen-bond donors (Lipinski definition) is 2. The molecule has 0 atom stereocenters. The van der Waals surface area contributed by atoms with Gasteiger partial charge >= 0.3 is 5.69 Å². The normalized spacial score (nSPS) is 10.2. The Hall–Kier alpha value is -1.74. The van der Waals surface area contributed by atoms with E-state index in [9.17, 15) is 10.1 Å². The van der Waals surface area contributed by atoms with E-state index in [0.29, 0.717) is 11.6 Å². The van der Waals surface area contributed by atoms with Crippen molar-refractivity contribution in [3.05, 3.63) is 43.5 Å². The van der Waals surface area contributed by atoms with Crippen molar-refractivity contribution in [2.45, 2.75) is 0 Å². The first-order valence-corrected chi connectivity index (χ1v) is 7.01. The summed E-state index contributed by atoms with van der Waals surface area (Å²) in [5, 5.41) is 16.7. The lowest BCUT2D eigenvalue weighted by atomic mass is 10.3. The standard InChI is InChI=1S/C11H9Br2N5O2/c1-14-11-15-5-9(18(19)20)10(17-11)16-8-3-2-6(12)4-7(8)13/h2-5H,1H3,(H2,14,15,16,17). The Kier molecular flexibility index (Phi) is 4.50. The average molecular weight is 403 g/mol. The van der Waals surface area contributed by atoms with E-state index in [2.05, 4.69) is 52.5 Å². The number of aromatic nitrogens is 2. The summed E-state index contributed by atoms with van der Waals surface area (Å²) in [6.07, 6.45) is 1.16. The van der Waals surface area contributed by atoms with Crippen molar-refractivity contribution < 1.29 is 4.92 Å². The second-order valence-electron chi connectivity index (χ2n) is 3.68. The monoisotopic (exact) mass is 401 g/mol. The molecule has 1 aromatic heterocycles. The fourth-order valence-electron chi connectivity index (χ4n) is 1.44. The van der Waals surface area contributed by atoms with E-state index < -0.39 is 4.92 Å². The molecule has 2 aromatic rings. The first kappa shape index (κ1) is 14.7. The zero-order chi connectivity index (χ0) is 14.7. The molecule has 2 rings (SSSR count). The SMILES string of the molecule is CNc1ncc([N+](=O)[O-])c(Nc2ccc(Br)cc2Br)n1. The maximum Gasteiger partial charge on any atom is 0.329 e. The molecule has 0 radical (unpaired) electrons. The molecule has 0 amide bonds. The number of nitro groups is 1. The predicted octanol–water partition coefficient (Wildman–Crippen LogP) is 3.70. The highest BCUT2D eigenvalue weighted by atomic mass is 79.9. The number of nitrogens with zero attached hydrogens (tertiary/aromatic N) is 3. The zero-order valence-electron chi connectivity index (χ0n) is 10.2. The first-order chi connectivity index (χ1) is 9.51. The van der Waals surface area contributed by atoms with Crippen LogP contribution in [0.5, 0.6) is 0 Å². The van der Waals surface area contributed by atoms with Gasteiger partial charge in [0.2, 0.25) is 11.8 Å². The summed E-state index contributed by atoms with van der Waals surface area (Å²) in [6, 6.07) is 5.42. The van der Waals surface area contributed by atoms with Gasteiger partial charge < -0.3 is 10.6 Å². The van der Waals surface area contributed by atoms with Crippen LogP contribution in [0.1, 0.15) is 0 Å². The van der Waals surface area contributed by atoms with Gasteiger partial charge in [-0.3, -0.25) is 10.1 Å². The van der Waals surface area contributed by atoms with Gasteiger partial charge in [0.15, 0.2) is 0 Å². The van der Waals surface area contributed by atoms with E-state index in [1.54, 1.807) is 13.1 Å². The minimum absolute atomic E-state index is 0.123. The van der Waals surface area contributed by atoms with Gasteiger partial charge in [-0.2, -0.15) is 4.98 Å². The number of hydrogen-bond acceptors (Lipinski definition) is 6. The molecule has 0 aliphatic carbocycles. The zero-order valence-corrected chi connectivity index (χ0v) is 13.4. The number of rotatable bonds is 4. The smallest absolute Gasteiger partial charge is 0.329 e. The summed E-state index contributed by atoms with van der Waals surface area (Å²) in [6.45, 7) is 0. The van der Waals surface area contributed by atoms with Crippen molar-refractivity contribution >= 4 is 55.0 Å². The number of halogens is 2. The van der Waals surface area contributed by atoms with Crippen LogP contribution in [0.25, 0.3) is 0 Å². The average Bonchev–Trinajstić information content (AvgIpc) is 2.41. The van der Waals surface area contributed by atoms with Gasteiger partial charge in [0.25, 0.3) is 0 Å². The van der Waals surface area contributed by atoms with Gasteiger partial charge in [-0.05, 0) is 34.1 Å². The van der Waals surface area contributed by atoms with Crippen LogP contribution in [-0.4, -0.2) is 21.9 Å². The molecule has 2 N–H and O–H groups in total. The van der Waals surface area contributed by atoms with Crippen LogP contribution in [0.2, 0.25) is 0 Å². The van der Waals surface area contributed by atoms with Crippen molar-refractivity contribution in [1.82, 2.24) is 9.97 Å². The van der Waals surface area contributed by atoms with Gasteiger partial charge in [0.05, 0.1) is 10.6 Å². The molecular formula is C11H9Br2N5O2. The van der Waals surface area contributed by atoms with Crippen LogP contribution in [-0.2, 0) is 0 Å². The van der Waals surface area contributed by atoms with Crippen LogP contribution in [0.3, 0.4) is 0 Å². The van der Waals surface area contributed by atoms with Crippen LogP contribution >= 0.6 is 31.9 Å². The lowest BCUT2D eigenvalue weighted by Crippen LogP contribution is -2.04. The summed E-state index contributed by atoms with van der Waals surface area (Å²) < 4.78 is 1.65. The van der Waals surface area contributed by atoms with E-state index in [1.807, 2.05) is 12.1 Å². The van der Waals surface area contributed by atoms with E-state index in [4.69, 9.17) is 0 Å². The number of anilines is 3. The largest absolute Gasteiger partial charge is 0.357 e. The molecular weight excluding hydrogens is 394 g/mol. The maximum absolute atomic E-state index is 11.0. The highest BCUT2D eigenvalue weighted by Gasteiger charge is 2.18. The minimum atomic E-state index is -0.533. The summed E-state index contributed by atoms with van der Waals surface area (Å²) in [7, 11) is 1.64. The van der Waals surface area contributed by atoms with Crippen molar-refractivity contribution in [3.8, 4) is 0 Å². The van der Waals surface area contributed by atoms with Crippen LogP contribution < -0.4 is 10.6 Å². The van der Waals surface area contributed by atoms with Crippen LogP contribution in [0.15, 0.2) is 33.3 Å².